The van der Waals surface area contributed by atoms with Gasteiger partial charge in [0.1, 0.15) is 5.75 Å². The minimum Gasteiger partial charge on any atom is -0.497 e. The Kier molecular flexibility index (Phi) is 7.55. The lowest BCUT2D eigenvalue weighted by Crippen LogP contribution is -2.16. The first-order chi connectivity index (χ1) is 16.5. The summed E-state index contributed by atoms with van der Waals surface area (Å²) in [5, 5.41) is 13.0. The zero-order valence-corrected chi connectivity index (χ0v) is 20.8. The number of hydrogen-bond acceptors (Lipinski definition) is 5. The number of nitrogens with zero attached hydrogens (tertiary/aromatic N) is 3. The van der Waals surface area contributed by atoms with Crippen molar-refractivity contribution in [3.8, 4) is 22.8 Å². The summed E-state index contributed by atoms with van der Waals surface area (Å²) in [7, 11) is 1.63. The van der Waals surface area contributed by atoms with Crippen LogP contribution in [0.4, 0.5) is 5.69 Å². The number of methoxy groups -OCH3 is 1. The number of hydrogen-bond donors (Lipinski definition) is 1. The minimum absolute atomic E-state index is 0.0995. The molecule has 0 aliphatic heterocycles. The number of anilines is 1. The number of aromatic nitrogens is 3. The number of carbonyl (C=O) groups excluding carboxylic acids is 1. The standard InChI is InChI=1S/C26H25ClN4O2S/c1-4-18-9-7-8-17(2)24(18)28-23(32)16-34-26-30-29-25(21-10-5-6-11-22(21)27)31(26)19-12-14-20(33-3)15-13-19/h5-15H,4,16H2,1-3H3,(H,28,32). The van der Waals surface area contributed by atoms with Crippen molar-refractivity contribution in [1.29, 1.82) is 0 Å². The molecule has 4 aromatic rings. The first-order valence-electron chi connectivity index (χ1n) is 10.9. The Hall–Kier alpha value is -3.29. The molecular weight excluding hydrogens is 468 g/mol. The SMILES string of the molecule is CCc1cccc(C)c1NC(=O)CSc1nnc(-c2ccccc2Cl)n1-c1ccc(OC)cc1. The zero-order valence-electron chi connectivity index (χ0n) is 19.2. The van der Waals surface area contributed by atoms with Crippen molar-refractivity contribution in [2.75, 3.05) is 18.2 Å². The number of halogens is 1. The van der Waals surface area contributed by atoms with Crippen molar-refractivity contribution < 1.29 is 9.53 Å². The van der Waals surface area contributed by atoms with E-state index in [-0.39, 0.29) is 11.7 Å². The van der Waals surface area contributed by atoms with E-state index in [9.17, 15) is 4.79 Å². The highest BCUT2D eigenvalue weighted by Crippen LogP contribution is 2.32. The fourth-order valence-electron chi connectivity index (χ4n) is 3.65. The van der Waals surface area contributed by atoms with Gasteiger partial charge in [0, 0.05) is 16.9 Å². The van der Waals surface area contributed by atoms with Crippen LogP contribution in [0.3, 0.4) is 0 Å². The fourth-order valence-corrected chi connectivity index (χ4v) is 4.62. The summed E-state index contributed by atoms with van der Waals surface area (Å²) < 4.78 is 7.20. The van der Waals surface area contributed by atoms with Crippen LogP contribution >= 0.6 is 23.4 Å². The topological polar surface area (TPSA) is 69.0 Å². The Morgan fingerprint density at radius 1 is 1.06 bits per heavy atom. The third-order valence-electron chi connectivity index (χ3n) is 5.42. The number of thioether (sulfide) groups is 1. The molecule has 3 aromatic carbocycles. The molecule has 1 N–H and O–H groups in total. The van der Waals surface area contributed by atoms with E-state index < -0.39 is 0 Å². The summed E-state index contributed by atoms with van der Waals surface area (Å²) in [6, 6.07) is 21.1. The maximum Gasteiger partial charge on any atom is 0.234 e. The fraction of sp³-hybridized carbons (Fsp3) is 0.192. The van der Waals surface area contributed by atoms with Gasteiger partial charge in [-0.15, -0.1) is 10.2 Å². The molecule has 174 valence electrons. The third-order valence-corrected chi connectivity index (χ3v) is 6.67. The number of nitrogens with one attached hydrogen (secondary N) is 1. The average Bonchev–Trinajstić information content (AvgIpc) is 3.28. The van der Waals surface area contributed by atoms with Gasteiger partial charge in [0.2, 0.25) is 5.91 Å². The third kappa shape index (κ3) is 5.11. The zero-order chi connectivity index (χ0) is 24.1. The van der Waals surface area contributed by atoms with Crippen molar-refractivity contribution in [3.63, 3.8) is 0 Å². The van der Waals surface area contributed by atoms with Crippen molar-refractivity contribution >= 4 is 35.0 Å². The van der Waals surface area contributed by atoms with Gasteiger partial charge >= 0.3 is 0 Å². The first kappa shape index (κ1) is 23.9. The van der Waals surface area contributed by atoms with Crippen molar-refractivity contribution in [3.05, 3.63) is 82.9 Å². The minimum atomic E-state index is -0.0995. The predicted molar refractivity (Wildman–Crippen MR) is 138 cm³/mol. The van der Waals surface area contributed by atoms with Crippen LogP contribution in [0.2, 0.25) is 5.02 Å². The van der Waals surface area contributed by atoms with Crippen LogP contribution in [-0.4, -0.2) is 33.5 Å². The van der Waals surface area contributed by atoms with E-state index in [2.05, 4.69) is 22.4 Å². The highest BCUT2D eigenvalue weighted by Gasteiger charge is 2.19. The Bertz CT molecular complexity index is 1300. The number of benzene rings is 3. The van der Waals surface area contributed by atoms with Crippen LogP contribution in [0.25, 0.3) is 17.1 Å². The molecular formula is C26H25ClN4O2S. The molecule has 0 aliphatic rings. The van der Waals surface area contributed by atoms with E-state index in [0.29, 0.717) is 16.0 Å². The summed E-state index contributed by atoms with van der Waals surface area (Å²) in [4.78, 5) is 12.8. The molecule has 1 aromatic heterocycles. The van der Waals surface area contributed by atoms with Crippen LogP contribution in [0.1, 0.15) is 18.1 Å². The molecule has 0 aliphatic carbocycles. The van der Waals surface area contributed by atoms with Gasteiger partial charge in [0.05, 0.1) is 17.9 Å². The summed E-state index contributed by atoms with van der Waals surface area (Å²) >= 11 is 7.79. The lowest BCUT2D eigenvalue weighted by Gasteiger charge is -2.14. The van der Waals surface area contributed by atoms with Gasteiger partial charge in [-0.05, 0) is 60.9 Å². The highest BCUT2D eigenvalue weighted by atomic mass is 35.5. The van der Waals surface area contributed by atoms with E-state index in [1.807, 2.05) is 78.2 Å². The molecule has 1 heterocycles. The Balaban J connectivity index is 1.63. The number of para-hydroxylation sites is 1. The van der Waals surface area contributed by atoms with E-state index in [1.54, 1.807) is 7.11 Å². The van der Waals surface area contributed by atoms with Crippen LogP contribution in [0.15, 0.2) is 71.9 Å². The molecule has 4 rings (SSSR count). The van der Waals surface area contributed by atoms with Gasteiger partial charge in [0.25, 0.3) is 0 Å². The molecule has 0 saturated heterocycles. The van der Waals surface area contributed by atoms with Crippen molar-refractivity contribution in [2.24, 2.45) is 0 Å². The second kappa shape index (κ2) is 10.8. The number of ether oxygens (including phenoxy) is 1. The van der Waals surface area contributed by atoms with Gasteiger partial charge in [-0.2, -0.15) is 0 Å². The molecule has 0 radical (unpaired) electrons. The molecule has 0 saturated carbocycles. The number of amides is 1. The van der Waals surface area contributed by atoms with Crippen molar-refractivity contribution in [2.45, 2.75) is 25.4 Å². The number of rotatable bonds is 8. The average molecular weight is 493 g/mol. The molecule has 0 atom stereocenters. The summed E-state index contributed by atoms with van der Waals surface area (Å²) in [5.74, 6) is 1.44. The van der Waals surface area contributed by atoms with Gasteiger partial charge in [-0.3, -0.25) is 9.36 Å². The van der Waals surface area contributed by atoms with Gasteiger partial charge < -0.3 is 10.1 Å². The highest BCUT2D eigenvalue weighted by molar-refractivity contribution is 7.99. The molecule has 0 unspecified atom stereocenters. The van der Waals surface area contributed by atoms with Gasteiger partial charge in [0.15, 0.2) is 11.0 Å². The van der Waals surface area contributed by atoms with E-state index in [4.69, 9.17) is 16.3 Å². The van der Waals surface area contributed by atoms with Crippen molar-refractivity contribution in [1.82, 2.24) is 14.8 Å². The Morgan fingerprint density at radius 2 is 1.82 bits per heavy atom. The van der Waals surface area contributed by atoms with E-state index >= 15 is 0 Å². The monoisotopic (exact) mass is 492 g/mol. The quantitative estimate of drug-likeness (QED) is 0.297. The normalized spacial score (nSPS) is 10.8. The lowest BCUT2D eigenvalue weighted by atomic mass is 10.1. The first-order valence-corrected chi connectivity index (χ1v) is 12.2. The molecule has 0 spiro atoms. The van der Waals surface area contributed by atoms with Gasteiger partial charge in [-0.1, -0.05) is 60.6 Å². The molecule has 0 bridgehead atoms. The predicted octanol–water partition coefficient (Wildman–Crippen LogP) is 6.20. The largest absolute Gasteiger partial charge is 0.497 e. The maximum absolute atomic E-state index is 12.8. The summed E-state index contributed by atoms with van der Waals surface area (Å²) in [6.07, 6.45) is 0.845. The second-order valence-electron chi connectivity index (χ2n) is 7.62. The Morgan fingerprint density at radius 3 is 2.53 bits per heavy atom. The molecule has 34 heavy (non-hydrogen) atoms. The molecule has 0 fully saturated rings. The number of aryl methyl sites for hydroxylation is 2. The van der Waals surface area contributed by atoms with E-state index in [1.165, 1.54) is 11.8 Å². The Labute approximate surface area is 208 Å². The van der Waals surface area contributed by atoms with Crippen LogP contribution in [0.5, 0.6) is 5.75 Å². The van der Waals surface area contributed by atoms with E-state index in [0.717, 1.165) is 40.2 Å². The molecule has 8 heteroatoms. The second-order valence-corrected chi connectivity index (χ2v) is 8.97. The summed E-state index contributed by atoms with van der Waals surface area (Å²) in [6.45, 7) is 4.07. The van der Waals surface area contributed by atoms with Crippen LogP contribution in [-0.2, 0) is 11.2 Å². The maximum atomic E-state index is 12.8. The van der Waals surface area contributed by atoms with Crippen LogP contribution < -0.4 is 10.1 Å². The van der Waals surface area contributed by atoms with Crippen LogP contribution in [0, 0.1) is 6.92 Å². The summed E-state index contributed by atoms with van der Waals surface area (Å²) in [5.41, 5.74) is 4.64. The van der Waals surface area contributed by atoms with Gasteiger partial charge in [-0.25, -0.2) is 0 Å². The smallest absolute Gasteiger partial charge is 0.234 e. The molecule has 6 nitrogen and oxygen atoms in total. The molecule has 1 amide bonds. The lowest BCUT2D eigenvalue weighted by molar-refractivity contribution is -0.113. The number of carbonyl (C=O) groups is 1.